The summed E-state index contributed by atoms with van der Waals surface area (Å²) >= 11 is 0. The van der Waals surface area contributed by atoms with Gasteiger partial charge in [-0.3, -0.25) is 4.79 Å². The number of unbranched alkanes of at least 4 members (excludes halogenated alkanes) is 1. The highest BCUT2D eigenvalue weighted by Crippen LogP contribution is 2.02. The van der Waals surface area contributed by atoms with E-state index in [9.17, 15) is 4.79 Å². The second-order valence-corrected chi connectivity index (χ2v) is 2.61. The molecule has 0 aliphatic carbocycles. The fourth-order valence-electron chi connectivity index (χ4n) is 0.859. The van der Waals surface area contributed by atoms with Crippen molar-refractivity contribution in [3.05, 3.63) is 0 Å². The molecule has 4 nitrogen and oxygen atoms in total. The smallest absolute Gasteiger partial charge is 0.220 e. The van der Waals surface area contributed by atoms with E-state index in [1.807, 2.05) is 0 Å². The van der Waals surface area contributed by atoms with Crippen LogP contribution in [0.15, 0.2) is 0 Å². The maximum Gasteiger partial charge on any atom is 0.220 e. The standard InChI is InChI=1S/C7H16N2O2/c8-4-2-1-3-6(10)5-7(9)11/h6,10H,1-5,8H2,(H2,9,11). The molecular weight excluding hydrogens is 144 g/mol. The highest BCUT2D eigenvalue weighted by Gasteiger charge is 2.06. The number of carbonyl (C=O) groups excluding carboxylic acids is 1. The van der Waals surface area contributed by atoms with Crippen molar-refractivity contribution in [1.82, 2.24) is 0 Å². The van der Waals surface area contributed by atoms with Crippen molar-refractivity contribution < 1.29 is 9.90 Å². The van der Waals surface area contributed by atoms with Gasteiger partial charge in [0.25, 0.3) is 0 Å². The van der Waals surface area contributed by atoms with Crippen molar-refractivity contribution in [3.8, 4) is 0 Å². The van der Waals surface area contributed by atoms with Crippen molar-refractivity contribution in [1.29, 1.82) is 0 Å². The van der Waals surface area contributed by atoms with E-state index in [2.05, 4.69) is 0 Å². The monoisotopic (exact) mass is 160 g/mol. The summed E-state index contributed by atoms with van der Waals surface area (Å²) in [5.41, 5.74) is 10.1. The average molecular weight is 160 g/mol. The molecule has 1 amide bonds. The third-order valence-electron chi connectivity index (χ3n) is 1.43. The van der Waals surface area contributed by atoms with Crippen LogP contribution in [0.2, 0.25) is 0 Å². The number of hydrogen-bond acceptors (Lipinski definition) is 3. The van der Waals surface area contributed by atoms with Crippen LogP contribution in [0.5, 0.6) is 0 Å². The summed E-state index contributed by atoms with van der Waals surface area (Å²) in [6, 6.07) is 0. The molecule has 0 saturated carbocycles. The van der Waals surface area contributed by atoms with Crippen molar-refractivity contribution >= 4 is 5.91 Å². The van der Waals surface area contributed by atoms with E-state index < -0.39 is 12.0 Å². The summed E-state index contributed by atoms with van der Waals surface area (Å²) in [7, 11) is 0. The number of rotatable bonds is 6. The summed E-state index contributed by atoms with van der Waals surface area (Å²) in [4.78, 5) is 10.3. The third-order valence-corrected chi connectivity index (χ3v) is 1.43. The number of aliphatic hydroxyl groups excluding tert-OH is 1. The summed E-state index contributed by atoms with van der Waals surface area (Å²) < 4.78 is 0. The normalized spacial score (nSPS) is 12.9. The zero-order valence-corrected chi connectivity index (χ0v) is 6.62. The van der Waals surface area contributed by atoms with Gasteiger partial charge in [0, 0.05) is 0 Å². The number of aliphatic hydroxyl groups is 1. The molecule has 66 valence electrons. The minimum atomic E-state index is -0.584. The predicted octanol–water partition coefficient (Wildman–Crippen LogP) is -0.648. The number of carbonyl (C=O) groups is 1. The van der Waals surface area contributed by atoms with E-state index in [0.717, 1.165) is 12.8 Å². The molecule has 5 N–H and O–H groups in total. The summed E-state index contributed by atoms with van der Waals surface area (Å²) in [5, 5.41) is 9.10. The maximum absolute atomic E-state index is 10.3. The molecule has 0 aliphatic rings. The lowest BCUT2D eigenvalue weighted by molar-refractivity contribution is -0.119. The Balaban J connectivity index is 3.22. The van der Waals surface area contributed by atoms with Gasteiger partial charge in [-0.15, -0.1) is 0 Å². The molecule has 0 heterocycles. The van der Waals surface area contributed by atoms with Crippen LogP contribution in [0.4, 0.5) is 0 Å². The second kappa shape index (κ2) is 6.12. The topological polar surface area (TPSA) is 89.3 Å². The molecule has 4 heteroatoms. The van der Waals surface area contributed by atoms with E-state index in [4.69, 9.17) is 16.6 Å². The molecule has 11 heavy (non-hydrogen) atoms. The molecule has 0 fully saturated rings. The van der Waals surface area contributed by atoms with E-state index in [1.165, 1.54) is 0 Å². The molecule has 1 unspecified atom stereocenters. The quantitative estimate of drug-likeness (QED) is 0.451. The molecule has 1 atom stereocenters. The van der Waals surface area contributed by atoms with E-state index in [0.29, 0.717) is 13.0 Å². The van der Waals surface area contributed by atoms with Crippen LogP contribution in [-0.4, -0.2) is 23.7 Å². The van der Waals surface area contributed by atoms with Crippen LogP contribution in [0.3, 0.4) is 0 Å². The number of amides is 1. The second-order valence-electron chi connectivity index (χ2n) is 2.61. The molecule has 0 aromatic rings. The molecule has 0 aliphatic heterocycles. The van der Waals surface area contributed by atoms with Gasteiger partial charge in [-0.1, -0.05) is 0 Å². The van der Waals surface area contributed by atoms with Crippen molar-refractivity contribution in [2.24, 2.45) is 11.5 Å². The first-order chi connectivity index (χ1) is 5.16. The van der Waals surface area contributed by atoms with Crippen LogP contribution >= 0.6 is 0 Å². The average Bonchev–Trinajstić information content (AvgIpc) is 1.86. The highest BCUT2D eigenvalue weighted by molar-refractivity contribution is 5.74. The van der Waals surface area contributed by atoms with Crippen molar-refractivity contribution in [3.63, 3.8) is 0 Å². The first-order valence-corrected chi connectivity index (χ1v) is 3.83. The van der Waals surface area contributed by atoms with Crippen LogP contribution in [0.1, 0.15) is 25.7 Å². The lowest BCUT2D eigenvalue weighted by Gasteiger charge is -2.06. The number of nitrogens with two attached hydrogens (primary N) is 2. The molecule has 0 saturated heterocycles. The van der Waals surface area contributed by atoms with Crippen molar-refractivity contribution in [2.75, 3.05) is 6.54 Å². The van der Waals surface area contributed by atoms with E-state index >= 15 is 0 Å². The van der Waals surface area contributed by atoms with Crippen LogP contribution < -0.4 is 11.5 Å². The minimum absolute atomic E-state index is 0.0601. The predicted molar refractivity (Wildman–Crippen MR) is 42.7 cm³/mol. The van der Waals surface area contributed by atoms with Gasteiger partial charge in [-0.05, 0) is 25.8 Å². The Morgan fingerprint density at radius 1 is 1.45 bits per heavy atom. The zero-order chi connectivity index (χ0) is 8.69. The van der Waals surface area contributed by atoms with Crippen LogP contribution in [0.25, 0.3) is 0 Å². The molecule has 0 bridgehead atoms. The van der Waals surface area contributed by atoms with Gasteiger partial charge < -0.3 is 16.6 Å². The fourth-order valence-corrected chi connectivity index (χ4v) is 0.859. The van der Waals surface area contributed by atoms with Gasteiger partial charge in [0.15, 0.2) is 0 Å². The Labute approximate surface area is 66.6 Å². The maximum atomic E-state index is 10.3. The summed E-state index contributed by atoms with van der Waals surface area (Å²) in [5.74, 6) is -0.453. The molecular formula is C7H16N2O2. The molecule has 0 aromatic heterocycles. The first kappa shape index (κ1) is 10.4. The van der Waals surface area contributed by atoms with Crippen LogP contribution in [0, 0.1) is 0 Å². The molecule has 0 aromatic carbocycles. The van der Waals surface area contributed by atoms with Gasteiger partial charge in [0.2, 0.25) is 5.91 Å². The lowest BCUT2D eigenvalue weighted by atomic mass is 10.1. The van der Waals surface area contributed by atoms with Crippen molar-refractivity contribution in [2.45, 2.75) is 31.8 Å². The molecule has 0 radical (unpaired) electrons. The Bertz CT molecular complexity index is 117. The van der Waals surface area contributed by atoms with Gasteiger partial charge in [-0.2, -0.15) is 0 Å². The molecule has 0 rings (SSSR count). The molecule has 0 spiro atoms. The SMILES string of the molecule is NCCCCC(O)CC(N)=O. The Morgan fingerprint density at radius 2 is 2.09 bits per heavy atom. The Morgan fingerprint density at radius 3 is 2.55 bits per heavy atom. The summed E-state index contributed by atoms with van der Waals surface area (Å²) in [6.07, 6.45) is 1.82. The highest BCUT2D eigenvalue weighted by atomic mass is 16.3. The zero-order valence-electron chi connectivity index (χ0n) is 6.62. The van der Waals surface area contributed by atoms with Gasteiger partial charge >= 0.3 is 0 Å². The minimum Gasteiger partial charge on any atom is -0.393 e. The lowest BCUT2D eigenvalue weighted by Crippen LogP contribution is -2.19. The largest absolute Gasteiger partial charge is 0.393 e. The van der Waals surface area contributed by atoms with Gasteiger partial charge in [0.1, 0.15) is 0 Å². The van der Waals surface area contributed by atoms with Gasteiger partial charge in [-0.25, -0.2) is 0 Å². The van der Waals surface area contributed by atoms with Crippen LogP contribution in [-0.2, 0) is 4.79 Å². The van der Waals surface area contributed by atoms with E-state index in [1.54, 1.807) is 0 Å². The Hall–Kier alpha value is -0.610. The number of hydrogen-bond donors (Lipinski definition) is 3. The fraction of sp³-hybridized carbons (Fsp3) is 0.857. The Kier molecular flexibility index (Phi) is 5.78. The van der Waals surface area contributed by atoms with Gasteiger partial charge in [0.05, 0.1) is 12.5 Å². The number of primary amides is 1. The van der Waals surface area contributed by atoms with E-state index in [-0.39, 0.29) is 6.42 Å². The summed E-state index contributed by atoms with van der Waals surface area (Å²) in [6.45, 7) is 0.628. The first-order valence-electron chi connectivity index (χ1n) is 3.83. The third kappa shape index (κ3) is 7.29.